The predicted octanol–water partition coefficient (Wildman–Crippen LogP) is 2.99. The highest BCUT2D eigenvalue weighted by atomic mass is 35.5. The molecular formula is C15H19Cl2NO3. The van der Waals surface area contributed by atoms with Crippen molar-refractivity contribution in [2.75, 3.05) is 19.7 Å². The molecule has 21 heavy (non-hydrogen) atoms. The van der Waals surface area contributed by atoms with Gasteiger partial charge in [0.1, 0.15) is 5.75 Å². The Kier molecular flexibility index (Phi) is 5.73. The van der Waals surface area contributed by atoms with E-state index in [1.54, 1.807) is 30.0 Å². The Bertz CT molecular complexity index is 508. The molecule has 0 bridgehead atoms. The van der Waals surface area contributed by atoms with Gasteiger partial charge in [-0.25, -0.2) is 0 Å². The molecular weight excluding hydrogens is 313 g/mol. The first-order chi connectivity index (χ1) is 9.97. The van der Waals surface area contributed by atoms with Crippen molar-refractivity contribution in [3.05, 3.63) is 28.2 Å². The van der Waals surface area contributed by atoms with Gasteiger partial charge in [-0.3, -0.25) is 4.79 Å². The maximum absolute atomic E-state index is 12.2. The van der Waals surface area contributed by atoms with Crippen LogP contribution in [0.1, 0.15) is 19.8 Å². The molecule has 116 valence electrons. The van der Waals surface area contributed by atoms with E-state index in [0.717, 1.165) is 12.8 Å². The molecule has 2 unspecified atom stereocenters. The van der Waals surface area contributed by atoms with Crippen LogP contribution < -0.4 is 4.74 Å². The van der Waals surface area contributed by atoms with Crippen LogP contribution in [0.5, 0.6) is 5.75 Å². The van der Waals surface area contributed by atoms with Gasteiger partial charge in [-0.1, -0.05) is 23.2 Å². The van der Waals surface area contributed by atoms with Gasteiger partial charge in [0.15, 0.2) is 6.61 Å². The number of ether oxygens (including phenoxy) is 1. The average molecular weight is 332 g/mol. The van der Waals surface area contributed by atoms with Gasteiger partial charge in [-0.15, -0.1) is 0 Å². The summed E-state index contributed by atoms with van der Waals surface area (Å²) in [5.41, 5.74) is 0. The highest BCUT2D eigenvalue weighted by molar-refractivity contribution is 6.42. The van der Waals surface area contributed by atoms with Crippen LogP contribution in [0, 0.1) is 5.92 Å². The number of halogens is 2. The molecule has 1 aromatic carbocycles. The van der Waals surface area contributed by atoms with Crippen molar-refractivity contribution in [1.82, 2.24) is 4.90 Å². The summed E-state index contributed by atoms with van der Waals surface area (Å²) >= 11 is 11.7. The molecule has 0 aromatic heterocycles. The normalized spacial score (nSPS) is 20.2. The van der Waals surface area contributed by atoms with Crippen LogP contribution in [0.25, 0.3) is 0 Å². The molecule has 2 rings (SSSR count). The van der Waals surface area contributed by atoms with Crippen LogP contribution >= 0.6 is 23.2 Å². The minimum atomic E-state index is -0.392. The molecule has 6 heteroatoms. The van der Waals surface area contributed by atoms with Crippen molar-refractivity contribution in [3.63, 3.8) is 0 Å². The molecule has 0 radical (unpaired) electrons. The van der Waals surface area contributed by atoms with Crippen LogP contribution in [0.3, 0.4) is 0 Å². The molecule has 4 nitrogen and oxygen atoms in total. The van der Waals surface area contributed by atoms with E-state index >= 15 is 0 Å². The third-order valence-electron chi connectivity index (χ3n) is 3.75. The Labute approximate surface area is 134 Å². The minimum Gasteiger partial charge on any atom is -0.484 e. The van der Waals surface area contributed by atoms with Crippen LogP contribution in [0.4, 0.5) is 0 Å². The van der Waals surface area contributed by atoms with E-state index in [9.17, 15) is 9.90 Å². The summed E-state index contributed by atoms with van der Waals surface area (Å²) in [5, 5.41) is 10.5. The summed E-state index contributed by atoms with van der Waals surface area (Å²) < 4.78 is 5.46. The highest BCUT2D eigenvalue weighted by Crippen LogP contribution is 2.26. The summed E-state index contributed by atoms with van der Waals surface area (Å²) in [6, 6.07) is 4.90. The minimum absolute atomic E-state index is 0.0372. The number of hydrogen-bond acceptors (Lipinski definition) is 3. The number of aliphatic hydroxyl groups excluding tert-OH is 1. The molecule has 0 spiro atoms. The summed E-state index contributed by atoms with van der Waals surface area (Å²) in [6.07, 6.45) is 1.47. The van der Waals surface area contributed by atoms with E-state index in [1.807, 2.05) is 0 Å². The molecule has 1 aromatic rings. The Balaban J connectivity index is 1.87. The molecule has 1 aliphatic rings. The molecule has 2 atom stereocenters. The fraction of sp³-hybridized carbons (Fsp3) is 0.533. The summed E-state index contributed by atoms with van der Waals surface area (Å²) in [7, 11) is 0. The predicted molar refractivity (Wildman–Crippen MR) is 82.9 cm³/mol. The Morgan fingerprint density at radius 2 is 2.24 bits per heavy atom. The molecule has 0 saturated carbocycles. The van der Waals surface area contributed by atoms with Gasteiger partial charge in [0.05, 0.1) is 16.1 Å². The van der Waals surface area contributed by atoms with Crippen molar-refractivity contribution in [2.24, 2.45) is 5.92 Å². The third-order valence-corrected chi connectivity index (χ3v) is 4.49. The van der Waals surface area contributed by atoms with E-state index < -0.39 is 6.10 Å². The largest absolute Gasteiger partial charge is 0.484 e. The van der Waals surface area contributed by atoms with Crippen LogP contribution in [0.2, 0.25) is 10.0 Å². The SMILES string of the molecule is CC(O)C1CCCN(C(=O)COc2ccc(Cl)c(Cl)c2)C1. The average Bonchev–Trinajstić information content (AvgIpc) is 2.48. The first-order valence-corrected chi connectivity index (χ1v) is 7.76. The number of amides is 1. The molecule has 1 aliphatic heterocycles. The number of piperidine rings is 1. The number of carbonyl (C=O) groups is 1. The van der Waals surface area contributed by atoms with Crippen molar-refractivity contribution in [1.29, 1.82) is 0 Å². The van der Waals surface area contributed by atoms with Crippen molar-refractivity contribution < 1.29 is 14.6 Å². The lowest BCUT2D eigenvalue weighted by Crippen LogP contribution is -2.44. The Hall–Kier alpha value is -0.970. The molecule has 1 saturated heterocycles. The monoisotopic (exact) mass is 331 g/mol. The number of aliphatic hydroxyl groups is 1. The second kappa shape index (κ2) is 7.34. The zero-order chi connectivity index (χ0) is 15.4. The third kappa shape index (κ3) is 4.50. The maximum Gasteiger partial charge on any atom is 0.260 e. The smallest absolute Gasteiger partial charge is 0.260 e. The number of likely N-dealkylation sites (tertiary alicyclic amines) is 1. The van der Waals surface area contributed by atoms with Crippen LogP contribution in [-0.2, 0) is 4.79 Å². The van der Waals surface area contributed by atoms with Gasteiger partial charge in [0.25, 0.3) is 5.91 Å². The van der Waals surface area contributed by atoms with Crippen molar-refractivity contribution in [2.45, 2.75) is 25.9 Å². The van der Waals surface area contributed by atoms with Gasteiger partial charge in [-0.05, 0) is 31.9 Å². The molecule has 1 N–H and O–H groups in total. The van der Waals surface area contributed by atoms with Crippen molar-refractivity contribution in [3.8, 4) is 5.75 Å². The number of nitrogens with zero attached hydrogens (tertiary/aromatic N) is 1. The number of rotatable bonds is 4. The Morgan fingerprint density at radius 3 is 2.90 bits per heavy atom. The zero-order valence-corrected chi connectivity index (χ0v) is 13.4. The number of hydrogen-bond donors (Lipinski definition) is 1. The lowest BCUT2D eigenvalue weighted by atomic mass is 9.93. The Morgan fingerprint density at radius 1 is 1.48 bits per heavy atom. The maximum atomic E-state index is 12.2. The second-order valence-corrected chi connectivity index (χ2v) is 6.16. The summed E-state index contributed by atoms with van der Waals surface area (Å²) in [6.45, 7) is 3.03. The standard InChI is InChI=1S/C15H19Cl2NO3/c1-10(19)11-3-2-6-18(8-11)15(20)9-21-12-4-5-13(16)14(17)7-12/h4-5,7,10-11,19H,2-3,6,8-9H2,1H3. The number of carbonyl (C=O) groups excluding carboxylic acids is 1. The van der Waals surface area contributed by atoms with Gasteiger partial charge in [0.2, 0.25) is 0 Å². The first-order valence-electron chi connectivity index (χ1n) is 7.01. The van der Waals surface area contributed by atoms with Gasteiger partial charge in [-0.2, -0.15) is 0 Å². The van der Waals surface area contributed by atoms with Gasteiger partial charge in [0, 0.05) is 25.1 Å². The van der Waals surface area contributed by atoms with Crippen LogP contribution in [-0.4, -0.2) is 41.7 Å². The molecule has 1 fully saturated rings. The van der Waals surface area contributed by atoms with E-state index in [2.05, 4.69) is 0 Å². The van der Waals surface area contributed by atoms with E-state index in [0.29, 0.717) is 28.9 Å². The van der Waals surface area contributed by atoms with Crippen LogP contribution in [0.15, 0.2) is 18.2 Å². The first kappa shape index (κ1) is 16.4. The van der Waals surface area contributed by atoms with E-state index in [1.165, 1.54) is 0 Å². The topological polar surface area (TPSA) is 49.8 Å². The van der Waals surface area contributed by atoms with Crippen molar-refractivity contribution >= 4 is 29.1 Å². The second-order valence-electron chi connectivity index (χ2n) is 5.35. The fourth-order valence-electron chi connectivity index (χ4n) is 2.43. The number of benzene rings is 1. The fourth-order valence-corrected chi connectivity index (χ4v) is 2.72. The molecule has 1 heterocycles. The van der Waals surface area contributed by atoms with Gasteiger partial charge < -0.3 is 14.7 Å². The zero-order valence-electron chi connectivity index (χ0n) is 11.9. The summed E-state index contributed by atoms with van der Waals surface area (Å²) in [4.78, 5) is 13.9. The van der Waals surface area contributed by atoms with E-state index in [-0.39, 0.29) is 18.4 Å². The lowest BCUT2D eigenvalue weighted by molar-refractivity contribution is -0.136. The molecule has 1 amide bonds. The molecule has 0 aliphatic carbocycles. The summed E-state index contributed by atoms with van der Waals surface area (Å²) in [5.74, 6) is 0.584. The highest BCUT2D eigenvalue weighted by Gasteiger charge is 2.26. The van der Waals surface area contributed by atoms with Gasteiger partial charge >= 0.3 is 0 Å². The quantitative estimate of drug-likeness (QED) is 0.922. The lowest BCUT2D eigenvalue weighted by Gasteiger charge is -2.34. The van der Waals surface area contributed by atoms with E-state index in [4.69, 9.17) is 27.9 Å².